The van der Waals surface area contributed by atoms with Gasteiger partial charge < -0.3 is 14.4 Å². The minimum Gasteiger partial charge on any atom is -0.480 e. The summed E-state index contributed by atoms with van der Waals surface area (Å²) < 4.78 is 5.09. The molecule has 15 heavy (non-hydrogen) atoms. The van der Waals surface area contributed by atoms with Crippen LogP contribution < -0.4 is 4.90 Å². The summed E-state index contributed by atoms with van der Waals surface area (Å²) in [5.74, 6) is -0.863. The van der Waals surface area contributed by atoms with Crippen LogP contribution in [0.25, 0.3) is 11.1 Å². The highest BCUT2D eigenvalue weighted by molar-refractivity contribution is 5.79. The quantitative estimate of drug-likeness (QED) is 0.821. The predicted octanol–water partition coefficient (Wildman–Crippen LogP) is 1.35. The van der Waals surface area contributed by atoms with Crippen LogP contribution in [0.15, 0.2) is 29.0 Å². The summed E-state index contributed by atoms with van der Waals surface area (Å²) in [6, 6.07) is 5.37. The number of hydrogen-bond acceptors (Lipinski definition) is 4. The lowest BCUT2D eigenvalue weighted by atomic mass is 10.2. The SMILES string of the molecule is CN(CC(=O)O)c1ccc2ocnc2c1. The molecule has 0 saturated heterocycles. The highest BCUT2D eigenvalue weighted by atomic mass is 16.4. The van der Waals surface area contributed by atoms with E-state index in [4.69, 9.17) is 9.52 Å². The van der Waals surface area contributed by atoms with Crippen molar-refractivity contribution in [1.29, 1.82) is 0 Å². The van der Waals surface area contributed by atoms with E-state index in [1.54, 1.807) is 30.1 Å². The molecule has 1 N–H and O–H groups in total. The fourth-order valence-electron chi connectivity index (χ4n) is 1.38. The van der Waals surface area contributed by atoms with E-state index in [9.17, 15) is 4.79 Å². The van der Waals surface area contributed by atoms with Gasteiger partial charge >= 0.3 is 5.97 Å². The molecule has 2 aromatic rings. The van der Waals surface area contributed by atoms with Gasteiger partial charge in [-0.05, 0) is 18.2 Å². The maximum Gasteiger partial charge on any atom is 0.323 e. The number of aliphatic carboxylic acids is 1. The van der Waals surface area contributed by atoms with Crippen molar-refractivity contribution in [1.82, 2.24) is 4.98 Å². The molecule has 1 aromatic heterocycles. The molecule has 0 fully saturated rings. The Morgan fingerprint density at radius 3 is 3.13 bits per heavy atom. The fourth-order valence-corrected chi connectivity index (χ4v) is 1.38. The Morgan fingerprint density at radius 1 is 1.60 bits per heavy atom. The predicted molar refractivity (Wildman–Crippen MR) is 54.9 cm³/mol. The van der Waals surface area contributed by atoms with Crippen LogP contribution in [0.5, 0.6) is 0 Å². The van der Waals surface area contributed by atoms with E-state index in [1.165, 1.54) is 6.39 Å². The minimum absolute atomic E-state index is 0.0383. The molecule has 5 nitrogen and oxygen atoms in total. The molecular formula is C10H10N2O3. The summed E-state index contributed by atoms with van der Waals surface area (Å²) in [5, 5.41) is 8.64. The smallest absolute Gasteiger partial charge is 0.323 e. The first kappa shape index (κ1) is 9.51. The first-order valence-electron chi connectivity index (χ1n) is 4.43. The lowest BCUT2D eigenvalue weighted by molar-refractivity contribution is -0.135. The molecule has 1 aromatic carbocycles. The van der Waals surface area contributed by atoms with E-state index in [0.717, 1.165) is 11.2 Å². The zero-order valence-corrected chi connectivity index (χ0v) is 8.17. The van der Waals surface area contributed by atoms with Gasteiger partial charge in [0.1, 0.15) is 12.1 Å². The first-order valence-corrected chi connectivity index (χ1v) is 4.43. The summed E-state index contributed by atoms with van der Waals surface area (Å²) >= 11 is 0. The molecule has 78 valence electrons. The maximum atomic E-state index is 10.5. The van der Waals surface area contributed by atoms with Gasteiger partial charge in [0.05, 0.1) is 0 Å². The van der Waals surface area contributed by atoms with Crippen LogP contribution in [0.2, 0.25) is 0 Å². The number of fused-ring (bicyclic) bond motifs is 1. The van der Waals surface area contributed by atoms with E-state index in [0.29, 0.717) is 5.58 Å². The Bertz CT molecular complexity index is 492. The monoisotopic (exact) mass is 206 g/mol. The molecule has 0 saturated carbocycles. The van der Waals surface area contributed by atoms with Crippen molar-refractivity contribution < 1.29 is 14.3 Å². The van der Waals surface area contributed by atoms with Gasteiger partial charge in [0.2, 0.25) is 0 Å². The zero-order valence-electron chi connectivity index (χ0n) is 8.17. The summed E-state index contributed by atoms with van der Waals surface area (Å²) in [6.45, 7) is -0.0383. The van der Waals surface area contributed by atoms with E-state index in [-0.39, 0.29) is 6.54 Å². The fraction of sp³-hybridized carbons (Fsp3) is 0.200. The van der Waals surface area contributed by atoms with Crippen LogP contribution in [-0.2, 0) is 4.79 Å². The van der Waals surface area contributed by atoms with Gasteiger partial charge in [0.25, 0.3) is 0 Å². The van der Waals surface area contributed by atoms with Crippen LogP contribution in [0.4, 0.5) is 5.69 Å². The average Bonchev–Trinajstić information content (AvgIpc) is 2.62. The molecule has 0 aliphatic carbocycles. The minimum atomic E-state index is -0.863. The lowest BCUT2D eigenvalue weighted by Crippen LogP contribution is -2.24. The molecule has 0 aliphatic heterocycles. The maximum absolute atomic E-state index is 10.5. The molecule has 0 spiro atoms. The number of rotatable bonds is 3. The molecule has 0 aliphatic rings. The van der Waals surface area contributed by atoms with E-state index in [2.05, 4.69) is 4.98 Å². The first-order chi connectivity index (χ1) is 7.16. The van der Waals surface area contributed by atoms with E-state index >= 15 is 0 Å². The van der Waals surface area contributed by atoms with Gasteiger partial charge in [-0.3, -0.25) is 4.79 Å². The number of carboxylic acid groups (broad SMARTS) is 1. The summed E-state index contributed by atoms with van der Waals surface area (Å²) in [5.41, 5.74) is 2.23. The number of hydrogen-bond donors (Lipinski definition) is 1. The van der Waals surface area contributed by atoms with Crippen molar-refractivity contribution in [3.63, 3.8) is 0 Å². The zero-order chi connectivity index (χ0) is 10.8. The Hall–Kier alpha value is -2.04. The number of carbonyl (C=O) groups is 1. The number of oxazole rings is 1. The second-order valence-corrected chi connectivity index (χ2v) is 3.25. The highest BCUT2D eigenvalue weighted by Crippen LogP contribution is 2.19. The third-order valence-electron chi connectivity index (χ3n) is 2.13. The largest absolute Gasteiger partial charge is 0.480 e. The number of aromatic nitrogens is 1. The number of anilines is 1. The molecular weight excluding hydrogens is 196 g/mol. The van der Waals surface area contributed by atoms with Gasteiger partial charge in [-0.1, -0.05) is 0 Å². The number of likely N-dealkylation sites (N-methyl/N-ethyl adjacent to an activating group) is 1. The van der Waals surface area contributed by atoms with Gasteiger partial charge in [-0.15, -0.1) is 0 Å². The molecule has 2 rings (SSSR count). The van der Waals surface area contributed by atoms with Crippen molar-refractivity contribution in [2.75, 3.05) is 18.5 Å². The van der Waals surface area contributed by atoms with Gasteiger partial charge in [0, 0.05) is 12.7 Å². The highest BCUT2D eigenvalue weighted by Gasteiger charge is 2.07. The normalized spacial score (nSPS) is 10.5. The average molecular weight is 206 g/mol. The van der Waals surface area contributed by atoms with Crippen LogP contribution in [0, 0.1) is 0 Å². The molecule has 0 amide bonds. The summed E-state index contributed by atoms with van der Waals surface area (Å²) in [4.78, 5) is 16.2. The second kappa shape index (κ2) is 3.61. The van der Waals surface area contributed by atoms with Gasteiger partial charge in [-0.25, -0.2) is 4.98 Å². The number of benzene rings is 1. The molecule has 0 atom stereocenters. The molecule has 5 heteroatoms. The summed E-state index contributed by atoms with van der Waals surface area (Å²) in [6.07, 6.45) is 1.37. The lowest BCUT2D eigenvalue weighted by Gasteiger charge is -2.15. The Labute approximate surface area is 85.9 Å². The second-order valence-electron chi connectivity index (χ2n) is 3.25. The Morgan fingerprint density at radius 2 is 2.40 bits per heavy atom. The van der Waals surface area contributed by atoms with Crippen molar-refractivity contribution in [2.24, 2.45) is 0 Å². The third-order valence-corrected chi connectivity index (χ3v) is 2.13. The van der Waals surface area contributed by atoms with Crippen molar-refractivity contribution in [3.05, 3.63) is 24.6 Å². The van der Waals surface area contributed by atoms with Crippen LogP contribution in [0.3, 0.4) is 0 Å². The number of carboxylic acids is 1. The van der Waals surface area contributed by atoms with Crippen LogP contribution in [0.1, 0.15) is 0 Å². The van der Waals surface area contributed by atoms with Crippen molar-refractivity contribution in [2.45, 2.75) is 0 Å². The molecule has 1 heterocycles. The van der Waals surface area contributed by atoms with Crippen molar-refractivity contribution in [3.8, 4) is 0 Å². The molecule has 0 unspecified atom stereocenters. The van der Waals surface area contributed by atoms with Gasteiger partial charge in [0.15, 0.2) is 12.0 Å². The summed E-state index contributed by atoms with van der Waals surface area (Å²) in [7, 11) is 1.72. The van der Waals surface area contributed by atoms with Crippen LogP contribution in [-0.4, -0.2) is 29.7 Å². The Kier molecular flexibility index (Phi) is 2.29. The Balaban J connectivity index is 2.30. The molecule has 0 bridgehead atoms. The van der Waals surface area contributed by atoms with Crippen LogP contribution >= 0.6 is 0 Å². The van der Waals surface area contributed by atoms with Crippen molar-refractivity contribution >= 4 is 22.8 Å². The third kappa shape index (κ3) is 1.90. The standard InChI is InChI=1S/C10H10N2O3/c1-12(5-10(13)14)7-2-3-9-8(4-7)11-6-15-9/h2-4,6H,5H2,1H3,(H,13,14). The topological polar surface area (TPSA) is 66.6 Å². The van der Waals surface area contributed by atoms with Gasteiger partial charge in [-0.2, -0.15) is 0 Å². The van der Waals surface area contributed by atoms with E-state index in [1.807, 2.05) is 0 Å². The van der Waals surface area contributed by atoms with E-state index < -0.39 is 5.97 Å². The molecule has 0 radical (unpaired) electrons. The number of nitrogens with zero attached hydrogens (tertiary/aromatic N) is 2.